The number of fused-ring (bicyclic) bond motifs is 1. The molecule has 21 heavy (non-hydrogen) atoms. The van der Waals surface area contributed by atoms with Crippen LogP contribution in [0.4, 0.5) is 0 Å². The van der Waals surface area contributed by atoms with E-state index in [0.29, 0.717) is 5.88 Å². The van der Waals surface area contributed by atoms with Gasteiger partial charge in [-0.3, -0.25) is 0 Å². The predicted molar refractivity (Wildman–Crippen MR) is 81.8 cm³/mol. The van der Waals surface area contributed by atoms with Gasteiger partial charge in [0, 0.05) is 31.3 Å². The smallest absolute Gasteiger partial charge is 0.217 e. The van der Waals surface area contributed by atoms with Crippen molar-refractivity contribution in [3.8, 4) is 11.6 Å². The standard InChI is InChI=1S/C17H20N2O2/c1-12-5-6-16-14(8-12)9-15(21-16)11-18-10-13-4-3-7-19-17(13)20-2/h3-8,15,18H,9-11H2,1-2H3. The number of hydrogen-bond acceptors (Lipinski definition) is 4. The Balaban J connectivity index is 1.53. The average Bonchev–Trinajstić information content (AvgIpc) is 2.89. The molecule has 1 aliphatic rings. The predicted octanol–water partition coefficient (Wildman–Crippen LogP) is 2.49. The van der Waals surface area contributed by atoms with Crippen LogP contribution in [0.3, 0.4) is 0 Å². The fourth-order valence-corrected chi connectivity index (χ4v) is 2.67. The Morgan fingerprint density at radius 1 is 1.38 bits per heavy atom. The zero-order valence-corrected chi connectivity index (χ0v) is 12.4. The van der Waals surface area contributed by atoms with Crippen LogP contribution in [0.15, 0.2) is 36.5 Å². The second kappa shape index (κ2) is 6.14. The molecule has 0 saturated heterocycles. The number of rotatable bonds is 5. The second-order valence-electron chi connectivity index (χ2n) is 5.36. The maximum Gasteiger partial charge on any atom is 0.217 e. The Morgan fingerprint density at radius 2 is 2.29 bits per heavy atom. The third kappa shape index (κ3) is 3.16. The van der Waals surface area contributed by atoms with Crippen LogP contribution in [-0.2, 0) is 13.0 Å². The fourth-order valence-electron chi connectivity index (χ4n) is 2.67. The minimum Gasteiger partial charge on any atom is -0.488 e. The van der Waals surface area contributed by atoms with Crippen LogP contribution >= 0.6 is 0 Å². The molecule has 2 heterocycles. The van der Waals surface area contributed by atoms with Crippen molar-refractivity contribution in [1.29, 1.82) is 0 Å². The van der Waals surface area contributed by atoms with Gasteiger partial charge in [0.1, 0.15) is 11.9 Å². The first kappa shape index (κ1) is 13.9. The number of pyridine rings is 1. The summed E-state index contributed by atoms with van der Waals surface area (Å²) in [5.74, 6) is 1.70. The number of hydrogen-bond donors (Lipinski definition) is 1. The van der Waals surface area contributed by atoms with E-state index < -0.39 is 0 Å². The van der Waals surface area contributed by atoms with Crippen molar-refractivity contribution in [3.05, 3.63) is 53.2 Å². The van der Waals surface area contributed by atoms with E-state index in [9.17, 15) is 0 Å². The molecule has 2 aromatic rings. The van der Waals surface area contributed by atoms with Crippen molar-refractivity contribution >= 4 is 0 Å². The van der Waals surface area contributed by atoms with Gasteiger partial charge in [0.05, 0.1) is 7.11 Å². The van der Waals surface area contributed by atoms with E-state index in [2.05, 4.69) is 35.4 Å². The Hall–Kier alpha value is -2.07. The summed E-state index contributed by atoms with van der Waals surface area (Å²) < 4.78 is 11.2. The van der Waals surface area contributed by atoms with Crippen molar-refractivity contribution in [2.75, 3.05) is 13.7 Å². The quantitative estimate of drug-likeness (QED) is 0.916. The Kier molecular flexibility index (Phi) is 4.06. The molecular weight excluding hydrogens is 264 g/mol. The molecule has 0 amide bonds. The summed E-state index contributed by atoms with van der Waals surface area (Å²) in [4.78, 5) is 4.20. The average molecular weight is 284 g/mol. The summed E-state index contributed by atoms with van der Waals surface area (Å²) in [6, 6.07) is 10.3. The number of nitrogens with one attached hydrogen (secondary N) is 1. The monoisotopic (exact) mass is 284 g/mol. The lowest BCUT2D eigenvalue weighted by molar-refractivity contribution is 0.227. The van der Waals surface area contributed by atoms with E-state index in [1.54, 1.807) is 13.3 Å². The Bertz CT molecular complexity index is 628. The molecule has 1 atom stereocenters. The van der Waals surface area contributed by atoms with Gasteiger partial charge < -0.3 is 14.8 Å². The van der Waals surface area contributed by atoms with Crippen LogP contribution in [0.25, 0.3) is 0 Å². The highest BCUT2D eigenvalue weighted by molar-refractivity contribution is 5.40. The molecule has 110 valence electrons. The van der Waals surface area contributed by atoms with Crippen molar-refractivity contribution in [2.45, 2.75) is 26.0 Å². The number of aryl methyl sites for hydroxylation is 1. The molecule has 4 heteroatoms. The van der Waals surface area contributed by atoms with Gasteiger partial charge in [-0.25, -0.2) is 4.98 Å². The van der Waals surface area contributed by atoms with Gasteiger partial charge in [0.25, 0.3) is 0 Å². The molecule has 1 aliphatic heterocycles. The van der Waals surface area contributed by atoms with Gasteiger partial charge in [0.2, 0.25) is 5.88 Å². The fraction of sp³-hybridized carbons (Fsp3) is 0.353. The summed E-state index contributed by atoms with van der Waals surface area (Å²) in [5, 5.41) is 3.42. The molecule has 0 bridgehead atoms. The van der Waals surface area contributed by atoms with Gasteiger partial charge in [-0.2, -0.15) is 0 Å². The zero-order chi connectivity index (χ0) is 14.7. The maximum absolute atomic E-state index is 5.95. The SMILES string of the molecule is COc1ncccc1CNCC1Cc2cc(C)ccc2O1. The molecule has 1 aromatic heterocycles. The number of methoxy groups -OCH3 is 1. The molecule has 1 N–H and O–H groups in total. The molecule has 0 fully saturated rings. The molecule has 3 rings (SSSR count). The molecule has 4 nitrogen and oxygen atoms in total. The van der Waals surface area contributed by atoms with E-state index in [-0.39, 0.29) is 6.10 Å². The van der Waals surface area contributed by atoms with Crippen molar-refractivity contribution in [2.24, 2.45) is 0 Å². The largest absolute Gasteiger partial charge is 0.488 e. The minimum atomic E-state index is 0.199. The highest BCUT2D eigenvalue weighted by Crippen LogP contribution is 2.29. The molecule has 1 aromatic carbocycles. The first-order valence-electron chi connectivity index (χ1n) is 7.21. The number of nitrogens with zero attached hydrogens (tertiary/aromatic N) is 1. The van der Waals surface area contributed by atoms with Crippen LogP contribution < -0.4 is 14.8 Å². The number of ether oxygens (including phenoxy) is 2. The normalized spacial score (nSPS) is 16.4. The summed E-state index contributed by atoms with van der Waals surface area (Å²) in [7, 11) is 1.64. The van der Waals surface area contributed by atoms with E-state index in [1.807, 2.05) is 12.1 Å². The maximum atomic E-state index is 5.95. The van der Waals surface area contributed by atoms with Crippen LogP contribution in [0.2, 0.25) is 0 Å². The Labute approximate surface area is 125 Å². The first-order chi connectivity index (χ1) is 10.3. The zero-order valence-electron chi connectivity index (χ0n) is 12.4. The van der Waals surface area contributed by atoms with Gasteiger partial charge in [0.15, 0.2) is 0 Å². The summed E-state index contributed by atoms with van der Waals surface area (Å²) in [5.41, 5.74) is 3.65. The van der Waals surface area contributed by atoms with Crippen LogP contribution in [0.5, 0.6) is 11.6 Å². The van der Waals surface area contributed by atoms with Gasteiger partial charge in [-0.15, -0.1) is 0 Å². The van der Waals surface area contributed by atoms with E-state index in [1.165, 1.54) is 11.1 Å². The minimum absolute atomic E-state index is 0.199. The van der Waals surface area contributed by atoms with Gasteiger partial charge >= 0.3 is 0 Å². The van der Waals surface area contributed by atoms with Crippen molar-refractivity contribution in [3.63, 3.8) is 0 Å². The van der Waals surface area contributed by atoms with Crippen molar-refractivity contribution in [1.82, 2.24) is 10.3 Å². The highest BCUT2D eigenvalue weighted by Gasteiger charge is 2.22. The summed E-state index contributed by atoms with van der Waals surface area (Å²) >= 11 is 0. The number of benzene rings is 1. The molecular formula is C17H20N2O2. The van der Waals surface area contributed by atoms with Crippen LogP contribution in [0.1, 0.15) is 16.7 Å². The lowest BCUT2D eigenvalue weighted by Gasteiger charge is -2.13. The van der Waals surface area contributed by atoms with Gasteiger partial charge in [-0.05, 0) is 24.6 Å². The van der Waals surface area contributed by atoms with Gasteiger partial charge in [-0.1, -0.05) is 23.8 Å². The van der Waals surface area contributed by atoms with Crippen LogP contribution in [-0.4, -0.2) is 24.7 Å². The van der Waals surface area contributed by atoms with E-state index in [4.69, 9.17) is 9.47 Å². The lowest BCUT2D eigenvalue weighted by atomic mass is 10.1. The Morgan fingerprint density at radius 3 is 3.14 bits per heavy atom. The van der Waals surface area contributed by atoms with Crippen molar-refractivity contribution < 1.29 is 9.47 Å². The molecule has 1 unspecified atom stereocenters. The number of aromatic nitrogens is 1. The molecule has 0 aliphatic carbocycles. The lowest BCUT2D eigenvalue weighted by Crippen LogP contribution is -2.29. The third-order valence-corrected chi connectivity index (χ3v) is 3.69. The molecule has 0 saturated carbocycles. The molecule has 0 radical (unpaired) electrons. The van der Waals surface area contributed by atoms with Crippen LogP contribution in [0, 0.1) is 6.92 Å². The van der Waals surface area contributed by atoms with E-state index >= 15 is 0 Å². The topological polar surface area (TPSA) is 43.4 Å². The highest BCUT2D eigenvalue weighted by atomic mass is 16.5. The van der Waals surface area contributed by atoms with E-state index in [0.717, 1.165) is 30.8 Å². The third-order valence-electron chi connectivity index (χ3n) is 3.69. The first-order valence-corrected chi connectivity index (χ1v) is 7.21. The summed E-state index contributed by atoms with van der Waals surface area (Å²) in [6.07, 6.45) is 2.90. The second-order valence-corrected chi connectivity index (χ2v) is 5.36. The summed E-state index contributed by atoms with van der Waals surface area (Å²) in [6.45, 7) is 3.65. The molecule has 0 spiro atoms.